The molecule has 0 bridgehead atoms. The summed E-state index contributed by atoms with van der Waals surface area (Å²) in [6, 6.07) is 0. The molecule has 4 heteroatoms. The van der Waals surface area contributed by atoms with Gasteiger partial charge in [0.15, 0.2) is 12.8 Å². The molecule has 10 heavy (non-hydrogen) atoms. The zero-order valence-corrected chi connectivity index (χ0v) is 5.29. The molecule has 1 amide bonds. The Kier molecular flexibility index (Phi) is 1.14. The summed E-state index contributed by atoms with van der Waals surface area (Å²) in [5.74, 6) is 0.554. The molecule has 2 rings (SSSR count). The lowest BCUT2D eigenvalue weighted by atomic mass is 10.3. The Morgan fingerprint density at radius 1 is 1.70 bits per heavy atom. The van der Waals surface area contributed by atoms with Crippen LogP contribution in [-0.4, -0.2) is 25.3 Å². The van der Waals surface area contributed by atoms with Gasteiger partial charge in [-0.25, -0.2) is 0 Å². The van der Waals surface area contributed by atoms with Crippen molar-refractivity contribution in [1.82, 2.24) is 5.32 Å². The number of ether oxygens (including phenoxy) is 2. The summed E-state index contributed by atoms with van der Waals surface area (Å²) < 4.78 is 10.1. The molecular weight excluding hydrogens is 134 g/mol. The van der Waals surface area contributed by atoms with Gasteiger partial charge in [-0.1, -0.05) is 0 Å². The van der Waals surface area contributed by atoms with Crippen molar-refractivity contribution >= 4 is 5.91 Å². The van der Waals surface area contributed by atoms with Crippen LogP contribution in [0.5, 0.6) is 0 Å². The van der Waals surface area contributed by atoms with Gasteiger partial charge in [-0.3, -0.25) is 4.79 Å². The van der Waals surface area contributed by atoms with Crippen LogP contribution in [0.1, 0.15) is 0 Å². The molecular formula is C6H7NO3. The average molecular weight is 141 g/mol. The quantitative estimate of drug-likeness (QED) is 0.488. The largest absolute Gasteiger partial charge is 0.474 e. The molecule has 0 saturated carbocycles. The Bertz CT molecular complexity index is 199. The van der Waals surface area contributed by atoms with Gasteiger partial charge in [-0.05, 0) is 6.08 Å². The summed E-state index contributed by atoms with van der Waals surface area (Å²) in [6.45, 7) is 0.748. The van der Waals surface area contributed by atoms with Gasteiger partial charge in [0.2, 0.25) is 0 Å². The lowest BCUT2D eigenvalue weighted by Gasteiger charge is -2.20. The van der Waals surface area contributed by atoms with Crippen molar-refractivity contribution in [3.63, 3.8) is 0 Å². The second-order valence-electron chi connectivity index (χ2n) is 2.15. The molecule has 0 aliphatic carbocycles. The standard InChI is InChI=1S/C6H7NO3/c8-6-5-4(1-2-9-5)10-3-7-6/h1,5H,2-3H2,(H,7,8). The van der Waals surface area contributed by atoms with E-state index in [1.807, 2.05) is 0 Å². The Balaban J connectivity index is 2.21. The fraction of sp³-hybridized carbons (Fsp3) is 0.500. The highest BCUT2D eigenvalue weighted by Gasteiger charge is 2.32. The minimum atomic E-state index is -0.478. The summed E-state index contributed by atoms with van der Waals surface area (Å²) >= 11 is 0. The second kappa shape index (κ2) is 1.98. The lowest BCUT2D eigenvalue weighted by Crippen LogP contribution is -2.42. The molecule has 2 aliphatic heterocycles. The van der Waals surface area contributed by atoms with Gasteiger partial charge >= 0.3 is 0 Å². The monoisotopic (exact) mass is 141 g/mol. The van der Waals surface area contributed by atoms with Crippen LogP contribution in [-0.2, 0) is 14.3 Å². The molecule has 0 radical (unpaired) electrons. The molecule has 0 aromatic carbocycles. The highest BCUT2D eigenvalue weighted by molar-refractivity contribution is 5.84. The van der Waals surface area contributed by atoms with Crippen molar-refractivity contribution < 1.29 is 14.3 Å². The molecule has 1 fully saturated rings. The van der Waals surface area contributed by atoms with E-state index < -0.39 is 6.10 Å². The van der Waals surface area contributed by atoms with Gasteiger partial charge in [0.25, 0.3) is 5.91 Å². The number of carbonyl (C=O) groups is 1. The number of carbonyl (C=O) groups excluding carboxylic acids is 1. The van der Waals surface area contributed by atoms with Crippen LogP contribution in [0.4, 0.5) is 0 Å². The van der Waals surface area contributed by atoms with Gasteiger partial charge < -0.3 is 14.8 Å². The number of amides is 1. The van der Waals surface area contributed by atoms with E-state index in [0.717, 1.165) is 0 Å². The van der Waals surface area contributed by atoms with Gasteiger partial charge in [-0.2, -0.15) is 0 Å². The molecule has 1 atom stereocenters. The number of hydrogen-bond donors (Lipinski definition) is 1. The van der Waals surface area contributed by atoms with Crippen molar-refractivity contribution in [3.8, 4) is 0 Å². The van der Waals surface area contributed by atoms with Crippen LogP contribution < -0.4 is 5.32 Å². The highest BCUT2D eigenvalue weighted by atomic mass is 16.6. The maximum Gasteiger partial charge on any atom is 0.259 e. The van der Waals surface area contributed by atoms with E-state index in [2.05, 4.69) is 5.32 Å². The average Bonchev–Trinajstić information content (AvgIpc) is 2.36. The Morgan fingerprint density at radius 3 is 3.40 bits per heavy atom. The first-order valence-corrected chi connectivity index (χ1v) is 3.10. The number of hydrogen-bond acceptors (Lipinski definition) is 3. The Labute approximate surface area is 57.8 Å². The minimum Gasteiger partial charge on any atom is -0.474 e. The maximum absolute atomic E-state index is 10.9. The molecule has 0 aromatic heterocycles. The maximum atomic E-state index is 10.9. The molecule has 54 valence electrons. The SMILES string of the molecule is O=C1NCOC2=CCOC12. The topological polar surface area (TPSA) is 47.6 Å². The van der Waals surface area contributed by atoms with Crippen LogP contribution in [0, 0.1) is 0 Å². The van der Waals surface area contributed by atoms with Crippen molar-refractivity contribution in [2.45, 2.75) is 6.10 Å². The molecule has 1 saturated heterocycles. The van der Waals surface area contributed by atoms with Crippen LogP contribution in [0.15, 0.2) is 11.8 Å². The lowest BCUT2D eigenvalue weighted by molar-refractivity contribution is -0.136. The fourth-order valence-electron chi connectivity index (χ4n) is 1.04. The van der Waals surface area contributed by atoms with E-state index in [1.54, 1.807) is 6.08 Å². The summed E-state index contributed by atoms with van der Waals surface area (Å²) in [5, 5.41) is 2.53. The predicted molar refractivity (Wildman–Crippen MR) is 31.9 cm³/mol. The highest BCUT2D eigenvalue weighted by Crippen LogP contribution is 2.17. The van der Waals surface area contributed by atoms with Crippen LogP contribution >= 0.6 is 0 Å². The first-order valence-electron chi connectivity index (χ1n) is 3.10. The van der Waals surface area contributed by atoms with Crippen molar-refractivity contribution in [1.29, 1.82) is 0 Å². The molecule has 0 spiro atoms. The first kappa shape index (κ1) is 5.73. The van der Waals surface area contributed by atoms with E-state index in [1.165, 1.54) is 0 Å². The Morgan fingerprint density at radius 2 is 2.60 bits per heavy atom. The van der Waals surface area contributed by atoms with E-state index in [4.69, 9.17) is 9.47 Å². The third-order valence-corrected chi connectivity index (χ3v) is 1.53. The molecule has 1 N–H and O–H groups in total. The molecule has 2 aliphatic rings. The van der Waals surface area contributed by atoms with Gasteiger partial charge in [0.1, 0.15) is 5.76 Å². The van der Waals surface area contributed by atoms with E-state index in [0.29, 0.717) is 12.4 Å². The summed E-state index contributed by atoms with van der Waals surface area (Å²) in [4.78, 5) is 10.9. The van der Waals surface area contributed by atoms with E-state index in [9.17, 15) is 4.79 Å². The van der Waals surface area contributed by atoms with Crippen molar-refractivity contribution in [2.75, 3.05) is 13.3 Å². The van der Waals surface area contributed by atoms with Gasteiger partial charge in [0, 0.05) is 0 Å². The molecule has 2 heterocycles. The first-order chi connectivity index (χ1) is 4.88. The molecule has 1 unspecified atom stereocenters. The zero-order valence-electron chi connectivity index (χ0n) is 5.29. The second-order valence-corrected chi connectivity index (χ2v) is 2.15. The van der Waals surface area contributed by atoms with Crippen molar-refractivity contribution in [3.05, 3.63) is 11.8 Å². The predicted octanol–water partition coefficient (Wildman–Crippen LogP) is -0.627. The van der Waals surface area contributed by atoms with Gasteiger partial charge in [0.05, 0.1) is 6.61 Å². The summed E-state index contributed by atoms with van der Waals surface area (Å²) in [6.07, 6.45) is 1.30. The summed E-state index contributed by atoms with van der Waals surface area (Å²) in [5.41, 5.74) is 0. The Hall–Kier alpha value is -1.03. The summed E-state index contributed by atoms with van der Waals surface area (Å²) in [7, 11) is 0. The van der Waals surface area contributed by atoms with Crippen LogP contribution in [0.2, 0.25) is 0 Å². The smallest absolute Gasteiger partial charge is 0.259 e. The number of rotatable bonds is 0. The zero-order chi connectivity index (χ0) is 6.97. The third kappa shape index (κ3) is 0.690. The van der Waals surface area contributed by atoms with Crippen molar-refractivity contribution in [2.24, 2.45) is 0 Å². The normalized spacial score (nSPS) is 30.2. The fourth-order valence-corrected chi connectivity index (χ4v) is 1.04. The molecule has 0 aromatic rings. The molecule has 4 nitrogen and oxygen atoms in total. The van der Waals surface area contributed by atoms with Gasteiger partial charge in [-0.15, -0.1) is 0 Å². The van der Waals surface area contributed by atoms with E-state index in [-0.39, 0.29) is 12.6 Å². The van der Waals surface area contributed by atoms with Crippen LogP contribution in [0.3, 0.4) is 0 Å². The number of fused-ring (bicyclic) bond motifs is 1. The van der Waals surface area contributed by atoms with Crippen LogP contribution in [0.25, 0.3) is 0 Å². The number of nitrogens with one attached hydrogen (secondary N) is 1. The minimum absolute atomic E-state index is 0.102. The third-order valence-electron chi connectivity index (χ3n) is 1.53. The van der Waals surface area contributed by atoms with E-state index >= 15 is 0 Å².